The molecule has 148 valence electrons. The number of carbonyl (C=O) groups excluding carboxylic acids is 2. The molecule has 5 nitrogen and oxygen atoms in total. The maximum atomic E-state index is 13.0. The zero-order valence-electron chi connectivity index (χ0n) is 15.7. The Morgan fingerprint density at radius 2 is 1.53 bits per heavy atom. The third-order valence-electron chi connectivity index (χ3n) is 4.63. The Balaban J connectivity index is 1.54. The summed E-state index contributed by atoms with van der Waals surface area (Å²) in [7, 11) is 0. The van der Waals surface area contributed by atoms with E-state index in [-0.39, 0.29) is 5.11 Å². The molecule has 1 atom stereocenters. The topological polar surface area (TPSA) is 61.8 Å². The second kappa shape index (κ2) is 8.69. The monoisotopic (exact) mass is 477 g/mol. The summed E-state index contributed by atoms with van der Waals surface area (Å²) in [4.78, 5) is 31.0. The molecular formula is C23H16BrN3O2S. The second-order valence-electron chi connectivity index (χ2n) is 6.61. The summed E-state index contributed by atoms with van der Waals surface area (Å²) in [6.07, 6.45) is 1.36. The lowest BCUT2D eigenvalue weighted by Gasteiger charge is -2.30. The van der Waals surface area contributed by atoms with E-state index in [0.29, 0.717) is 11.4 Å². The lowest BCUT2D eigenvalue weighted by molar-refractivity contribution is -0.130. The molecule has 0 bridgehead atoms. The van der Waals surface area contributed by atoms with Crippen LogP contribution >= 0.6 is 28.1 Å². The van der Waals surface area contributed by atoms with E-state index < -0.39 is 17.7 Å². The molecule has 0 radical (unpaired) electrons. The van der Waals surface area contributed by atoms with Crippen molar-refractivity contribution in [3.05, 3.63) is 83.3 Å². The molecule has 0 unspecified atom stereocenters. The lowest BCUT2D eigenvalue weighted by Crippen LogP contribution is -2.58. The molecular weight excluding hydrogens is 462 g/mol. The fourth-order valence-corrected chi connectivity index (χ4v) is 3.65. The van der Waals surface area contributed by atoms with Crippen molar-refractivity contribution < 1.29 is 9.59 Å². The first-order valence-corrected chi connectivity index (χ1v) is 10.4. The Hall–Kier alpha value is -3.16. The number of anilines is 1. The first-order valence-electron chi connectivity index (χ1n) is 9.17. The van der Waals surface area contributed by atoms with Gasteiger partial charge in [-0.15, -0.1) is 0 Å². The van der Waals surface area contributed by atoms with E-state index in [2.05, 4.69) is 26.2 Å². The van der Waals surface area contributed by atoms with Crippen molar-refractivity contribution in [1.82, 2.24) is 5.32 Å². The summed E-state index contributed by atoms with van der Waals surface area (Å²) in [6, 6.07) is 24.7. The maximum absolute atomic E-state index is 13.0. The molecule has 1 aliphatic rings. The summed E-state index contributed by atoms with van der Waals surface area (Å²) < 4.78 is 0.878. The molecule has 0 spiro atoms. The average Bonchev–Trinajstić information content (AvgIpc) is 2.76. The number of hydrogen-bond donors (Lipinski definition) is 1. The van der Waals surface area contributed by atoms with Crippen molar-refractivity contribution in [2.75, 3.05) is 4.90 Å². The predicted molar refractivity (Wildman–Crippen MR) is 126 cm³/mol. The molecule has 2 amide bonds. The van der Waals surface area contributed by atoms with Gasteiger partial charge in [-0.1, -0.05) is 58.4 Å². The Bertz CT molecular complexity index is 1130. The highest BCUT2D eigenvalue weighted by molar-refractivity contribution is 9.10. The van der Waals surface area contributed by atoms with Crippen LogP contribution in [0.15, 0.2) is 88.3 Å². The molecule has 1 heterocycles. The van der Waals surface area contributed by atoms with Crippen LogP contribution in [0.5, 0.6) is 0 Å². The Kier molecular flexibility index (Phi) is 5.83. The molecule has 4 rings (SSSR count). The van der Waals surface area contributed by atoms with E-state index in [4.69, 9.17) is 12.2 Å². The van der Waals surface area contributed by atoms with Crippen molar-refractivity contribution in [1.29, 1.82) is 0 Å². The van der Waals surface area contributed by atoms with Crippen LogP contribution < -0.4 is 10.2 Å². The molecule has 7 heteroatoms. The summed E-state index contributed by atoms with van der Waals surface area (Å²) >= 11 is 8.57. The van der Waals surface area contributed by atoms with Crippen molar-refractivity contribution >= 4 is 62.7 Å². The summed E-state index contributed by atoms with van der Waals surface area (Å²) in [5, 5.41) is 2.64. The van der Waals surface area contributed by atoms with Gasteiger partial charge >= 0.3 is 0 Å². The van der Waals surface area contributed by atoms with Crippen LogP contribution in [0.2, 0.25) is 0 Å². The fraction of sp³-hybridized carbons (Fsp3) is 0.0435. The van der Waals surface area contributed by atoms with Crippen LogP contribution in [0, 0.1) is 5.92 Å². The molecule has 3 aromatic carbocycles. The van der Waals surface area contributed by atoms with E-state index in [9.17, 15) is 9.59 Å². The van der Waals surface area contributed by atoms with Gasteiger partial charge in [0.25, 0.3) is 5.91 Å². The SMILES string of the molecule is O=C1NC(=S)N(c2ccc(Br)cc2)C(=O)[C@@H]1C=Nc1ccc(-c2ccccc2)cc1. The summed E-state index contributed by atoms with van der Waals surface area (Å²) in [5.41, 5.74) is 3.40. The van der Waals surface area contributed by atoms with Crippen LogP contribution in [0.1, 0.15) is 0 Å². The number of hydrogen-bond acceptors (Lipinski definition) is 4. The van der Waals surface area contributed by atoms with Gasteiger partial charge in [0.2, 0.25) is 5.91 Å². The first kappa shape index (κ1) is 20.1. The van der Waals surface area contributed by atoms with E-state index in [0.717, 1.165) is 15.6 Å². The summed E-state index contributed by atoms with van der Waals surface area (Å²) in [5.74, 6) is -1.98. The minimum absolute atomic E-state index is 0.0594. The standard InChI is InChI=1S/C23H16BrN3O2S/c24-17-8-12-19(13-9-17)27-22(29)20(21(28)26-23(27)30)14-25-18-10-6-16(7-11-18)15-4-2-1-3-5-15/h1-14,20H,(H,26,28,30)/t20-/m1/s1. The first-order chi connectivity index (χ1) is 14.5. The molecule has 3 aromatic rings. The Labute approximate surface area is 187 Å². The van der Waals surface area contributed by atoms with Gasteiger partial charge in [-0.05, 0) is 59.7 Å². The molecule has 1 aliphatic heterocycles. The fourth-order valence-electron chi connectivity index (χ4n) is 3.09. The number of nitrogens with one attached hydrogen (secondary N) is 1. The van der Waals surface area contributed by atoms with E-state index in [1.165, 1.54) is 11.1 Å². The number of aliphatic imine (C=N–C) groups is 1. The quantitative estimate of drug-likeness (QED) is 0.330. The van der Waals surface area contributed by atoms with Gasteiger partial charge in [0.15, 0.2) is 11.0 Å². The number of thiocarbonyl (C=S) groups is 1. The molecule has 1 fully saturated rings. The van der Waals surface area contributed by atoms with Gasteiger partial charge in [-0.3, -0.25) is 19.5 Å². The van der Waals surface area contributed by atoms with Gasteiger partial charge in [0, 0.05) is 10.7 Å². The van der Waals surface area contributed by atoms with E-state index >= 15 is 0 Å². The van der Waals surface area contributed by atoms with Crippen molar-refractivity contribution in [2.24, 2.45) is 10.9 Å². The highest BCUT2D eigenvalue weighted by Gasteiger charge is 2.38. The van der Waals surface area contributed by atoms with Crippen LogP contribution in [-0.4, -0.2) is 23.1 Å². The zero-order chi connectivity index (χ0) is 21.1. The molecule has 0 aliphatic carbocycles. The van der Waals surface area contributed by atoms with Crippen LogP contribution in [0.3, 0.4) is 0 Å². The number of rotatable bonds is 4. The third-order valence-corrected chi connectivity index (χ3v) is 5.45. The molecule has 1 N–H and O–H groups in total. The van der Waals surface area contributed by atoms with Crippen LogP contribution in [-0.2, 0) is 9.59 Å². The molecule has 0 saturated carbocycles. The third kappa shape index (κ3) is 4.22. The maximum Gasteiger partial charge on any atom is 0.251 e. The lowest BCUT2D eigenvalue weighted by atomic mass is 10.0. The molecule has 30 heavy (non-hydrogen) atoms. The highest BCUT2D eigenvalue weighted by Crippen LogP contribution is 2.24. The van der Waals surface area contributed by atoms with Crippen molar-refractivity contribution in [3.63, 3.8) is 0 Å². The molecule has 0 aromatic heterocycles. The van der Waals surface area contributed by atoms with Gasteiger partial charge in [0.1, 0.15) is 0 Å². The van der Waals surface area contributed by atoms with E-state index in [1.807, 2.05) is 54.6 Å². The van der Waals surface area contributed by atoms with Gasteiger partial charge in [-0.2, -0.15) is 0 Å². The van der Waals surface area contributed by atoms with Crippen molar-refractivity contribution in [2.45, 2.75) is 0 Å². The minimum Gasteiger partial charge on any atom is -0.301 e. The number of amides is 2. The van der Waals surface area contributed by atoms with Crippen molar-refractivity contribution in [3.8, 4) is 11.1 Å². The van der Waals surface area contributed by atoms with Gasteiger partial charge < -0.3 is 5.32 Å². The average molecular weight is 478 g/mol. The predicted octanol–water partition coefficient (Wildman–Crippen LogP) is 4.88. The van der Waals surface area contributed by atoms with E-state index in [1.54, 1.807) is 24.3 Å². The normalized spacial score (nSPS) is 16.8. The molecule has 1 saturated heterocycles. The Morgan fingerprint density at radius 1 is 0.900 bits per heavy atom. The largest absolute Gasteiger partial charge is 0.301 e. The minimum atomic E-state index is -1.06. The van der Waals surface area contributed by atoms with Crippen LogP contribution in [0.4, 0.5) is 11.4 Å². The number of carbonyl (C=O) groups is 2. The summed E-state index contributed by atoms with van der Waals surface area (Å²) in [6.45, 7) is 0. The smallest absolute Gasteiger partial charge is 0.251 e. The number of halogens is 1. The number of benzene rings is 3. The van der Waals surface area contributed by atoms with Gasteiger partial charge in [0.05, 0.1) is 11.4 Å². The second-order valence-corrected chi connectivity index (χ2v) is 7.92. The highest BCUT2D eigenvalue weighted by atomic mass is 79.9. The number of nitrogens with zero attached hydrogens (tertiary/aromatic N) is 2. The van der Waals surface area contributed by atoms with Crippen LogP contribution in [0.25, 0.3) is 11.1 Å². The van der Waals surface area contributed by atoms with Gasteiger partial charge in [-0.25, -0.2) is 0 Å². The Morgan fingerprint density at radius 3 is 2.20 bits per heavy atom. The zero-order valence-corrected chi connectivity index (χ0v) is 18.1.